The van der Waals surface area contributed by atoms with Gasteiger partial charge in [0.2, 0.25) is 5.16 Å². The molecule has 0 atom stereocenters. The van der Waals surface area contributed by atoms with Crippen molar-refractivity contribution in [3.63, 3.8) is 0 Å². The van der Waals surface area contributed by atoms with Crippen molar-refractivity contribution in [3.05, 3.63) is 22.7 Å². The van der Waals surface area contributed by atoms with Gasteiger partial charge in [-0.05, 0) is 42.8 Å². The number of hydrogen-bond donors (Lipinski definition) is 1. The van der Waals surface area contributed by atoms with Crippen LogP contribution in [0.3, 0.4) is 0 Å². The van der Waals surface area contributed by atoms with Crippen molar-refractivity contribution >= 4 is 23.4 Å². The smallest absolute Gasteiger partial charge is 0.209 e. The summed E-state index contributed by atoms with van der Waals surface area (Å²) in [6.45, 7) is 7.93. The predicted molar refractivity (Wildman–Crippen MR) is 99.6 cm³/mol. The van der Waals surface area contributed by atoms with E-state index in [-0.39, 0.29) is 6.10 Å². The first kappa shape index (κ1) is 19.8. The van der Waals surface area contributed by atoms with Crippen LogP contribution in [-0.2, 0) is 13.6 Å². The minimum absolute atomic E-state index is 0.0615. The standard InChI is InChI=1S/C16H24ClN5O2S/c1-5-23-14-8-12(13(17)9-15(14)24-11(2)3)10-18-6-7-25-16-19-20-21-22(16)4/h8-9,11,18H,5-7,10H2,1-4H3. The van der Waals surface area contributed by atoms with Crippen LogP contribution in [0.5, 0.6) is 11.5 Å². The normalized spacial score (nSPS) is 11.1. The Morgan fingerprint density at radius 3 is 2.76 bits per heavy atom. The molecule has 25 heavy (non-hydrogen) atoms. The van der Waals surface area contributed by atoms with Gasteiger partial charge in [0, 0.05) is 37.0 Å². The molecule has 7 nitrogen and oxygen atoms in total. The number of nitrogens with one attached hydrogen (secondary N) is 1. The van der Waals surface area contributed by atoms with Crippen molar-refractivity contribution in [1.82, 2.24) is 25.5 Å². The van der Waals surface area contributed by atoms with Crippen LogP contribution < -0.4 is 14.8 Å². The lowest BCUT2D eigenvalue weighted by atomic mass is 10.2. The second-order valence-electron chi connectivity index (χ2n) is 5.60. The molecule has 0 aliphatic carbocycles. The van der Waals surface area contributed by atoms with Crippen LogP contribution in [0.2, 0.25) is 5.02 Å². The Hall–Kier alpha value is -1.51. The molecule has 138 valence electrons. The van der Waals surface area contributed by atoms with Crippen LogP contribution in [0.15, 0.2) is 17.3 Å². The lowest BCUT2D eigenvalue weighted by Crippen LogP contribution is -2.17. The number of aryl methyl sites for hydroxylation is 1. The van der Waals surface area contributed by atoms with Crippen LogP contribution in [0.4, 0.5) is 0 Å². The highest BCUT2D eigenvalue weighted by molar-refractivity contribution is 7.99. The summed E-state index contributed by atoms with van der Waals surface area (Å²) < 4.78 is 13.1. The van der Waals surface area contributed by atoms with E-state index in [1.807, 2.05) is 40.0 Å². The van der Waals surface area contributed by atoms with Gasteiger partial charge in [0.05, 0.1) is 12.7 Å². The fourth-order valence-corrected chi connectivity index (χ4v) is 3.08. The quantitative estimate of drug-likeness (QED) is 0.497. The SMILES string of the molecule is CCOc1cc(CNCCSc2nnnn2C)c(Cl)cc1OC(C)C. The first-order valence-electron chi connectivity index (χ1n) is 8.19. The number of hydrogen-bond acceptors (Lipinski definition) is 7. The second-order valence-corrected chi connectivity index (χ2v) is 7.07. The average Bonchev–Trinajstić information content (AvgIpc) is 2.95. The van der Waals surface area contributed by atoms with Gasteiger partial charge >= 0.3 is 0 Å². The highest BCUT2D eigenvalue weighted by Gasteiger charge is 2.12. The van der Waals surface area contributed by atoms with E-state index in [1.165, 1.54) is 0 Å². The van der Waals surface area contributed by atoms with Gasteiger partial charge in [-0.3, -0.25) is 0 Å². The van der Waals surface area contributed by atoms with Crippen molar-refractivity contribution in [3.8, 4) is 11.5 Å². The minimum Gasteiger partial charge on any atom is -0.490 e. The Kier molecular flexibility index (Phi) is 7.80. The van der Waals surface area contributed by atoms with Gasteiger partial charge in [0.1, 0.15) is 0 Å². The molecule has 0 unspecified atom stereocenters. The maximum Gasteiger partial charge on any atom is 0.209 e. The van der Waals surface area contributed by atoms with Gasteiger partial charge < -0.3 is 14.8 Å². The Bertz CT molecular complexity index is 681. The number of nitrogens with zero attached hydrogens (tertiary/aromatic N) is 4. The molecule has 2 rings (SSSR count). The molecule has 0 aliphatic rings. The zero-order chi connectivity index (χ0) is 18.2. The van der Waals surface area contributed by atoms with E-state index in [0.29, 0.717) is 23.9 Å². The van der Waals surface area contributed by atoms with Crippen LogP contribution in [0.25, 0.3) is 0 Å². The summed E-state index contributed by atoms with van der Waals surface area (Å²) in [6.07, 6.45) is 0.0615. The maximum absolute atomic E-state index is 6.39. The summed E-state index contributed by atoms with van der Waals surface area (Å²) in [5.74, 6) is 2.26. The van der Waals surface area contributed by atoms with E-state index < -0.39 is 0 Å². The molecule has 1 heterocycles. The van der Waals surface area contributed by atoms with Gasteiger partial charge in [-0.25, -0.2) is 4.68 Å². The third-order valence-electron chi connectivity index (χ3n) is 3.18. The summed E-state index contributed by atoms with van der Waals surface area (Å²) in [6, 6.07) is 3.76. The number of halogens is 1. The average molecular weight is 386 g/mol. The van der Waals surface area contributed by atoms with E-state index in [1.54, 1.807) is 16.4 Å². The Morgan fingerprint density at radius 1 is 1.32 bits per heavy atom. The number of thioether (sulfide) groups is 1. The van der Waals surface area contributed by atoms with E-state index in [4.69, 9.17) is 21.1 Å². The number of ether oxygens (including phenoxy) is 2. The van der Waals surface area contributed by atoms with E-state index in [9.17, 15) is 0 Å². The summed E-state index contributed by atoms with van der Waals surface area (Å²) in [4.78, 5) is 0. The molecule has 0 fully saturated rings. The first-order valence-corrected chi connectivity index (χ1v) is 9.55. The fraction of sp³-hybridized carbons (Fsp3) is 0.562. The number of tetrazole rings is 1. The van der Waals surface area contributed by atoms with Gasteiger partial charge in [-0.2, -0.15) is 0 Å². The highest BCUT2D eigenvalue weighted by Crippen LogP contribution is 2.34. The molecule has 0 aliphatic heterocycles. The Morgan fingerprint density at radius 2 is 2.12 bits per heavy atom. The molecule has 1 N–H and O–H groups in total. The molecule has 1 aromatic heterocycles. The van der Waals surface area contributed by atoms with Gasteiger partial charge in [-0.1, -0.05) is 23.4 Å². The van der Waals surface area contributed by atoms with Crippen molar-refractivity contribution in [2.24, 2.45) is 7.05 Å². The molecule has 2 aromatic rings. The zero-order valence-electron chi connectivity index (χ0n) is 15.0. The predicted octanol–water partition coefficient (Wildman–Crippen LogP) is 2.93. The molecule has 0 saturated carbocycles. The molecular weight excluding hydrogens is 362 g/mol. The first-order chi connectivity index (χ1) is 12.0. The fourth-order valence-electron chi connectivity index (χ4n) is 2.11. The molecule has 0 bridgehead atoms. The minimum atomic E-state index is 0.0615. The van der Waals surface area contributed by atoms with E-state index in [0.717, 1.165) is 28.8 Å². The zero-order valence-corrected chi connectivity index (χ0v) is 16.5. The van der Waals surface area contributed by atoms with Crippen molar-refractivity contribution < 1.29 is 9.47 Å². The Labute approximate surface area is 157 Å². The van der Waals surface area contributed by atoms with Crippen molar-refractivity contribution in [2.75, 3.05) is 18.9 Å². The van der Waals surface area contributed by atoms with Gasteiger partial charge in [0.15, 0.2) is 11.5 Å². The third-order valence-corrected chi connectivity index (χ3v) is 4.55. The number of rotatable bonds is 10. The molecule has 9 heteroatoms. The topological polar surface area (TPSA) is 74.1 Å². The summed E-state index contributed by atoms with van der Waals surface area (Å²) in [5, 5.41) is 16.2. The maximum atomic E-state index is 6.39. The molecule has 0 amide bonds. The second kappa shape index (κ2) is 9.84. The van der Waals surface area contributed by atoms with Crippen molar-refractivity contribution in [2.45, 2.75) is 38.6 Å². The molecule has 0 saturated heterocycles. The van der Waals surface area contributed by atoms with Crippen LogP contribution >= 0.6 is 23.4 Å². The van der Waals surface area contributed by atoms with Gasteiger partial charge in [-0.15, -0.1) is 5.10 Å². The van der Waals surface area contributed by atoms with Crippen molar-refractivity contribution in [1.29, 1.82) is 0 Å². The highest BCUT2D eigenvalue weighted by atomic mass is 35.5. The molecule has 0 spiro atoms. The summed E-state index contributed by atoms with van der Waals surface area (Å²) >= 11 is 7.99. The lowest BCUT2D eigenvalue weighted by Gasteiger charge is -2.17. The van der Waals surface area contributed by atoms with E-state index in [2.05, 4.69) is 20.8 Å². The molecule has 0 radical (unpaired) electrons. The van der Waals surface area contributed by atoms with Crippen LogP contribution in [0.1, 0.15) is 26.3 Å². The number of benzene rings is 1. The summed E-state index contributed by atoms with van der Waals surface area (Å²) in [7, 11) is 1.82. The monoisotopic (exact) mass is 385 g/mol. The lowest BCUT2D eigenvalue weighted by molar-refractivity contribution is 0.223. The van der Waals surface area contributed by atoms with E-state index >= 15 is 0 Å². The number of aromatic nitrogens is 4. The van der Waals surface area contributed by atoms with Crippen LogP contribution in [0, 0.1) is 0 Å². The molecular formula is C16H24ClN5O2S. The van der Waals surface area contributed by atoms with Crippen LogP contribution in [-0.4, -0.2) is 45.2 Å². The third kappa shape index (κ3) is 6.05. The molecule has 1 aromatic carbocycles. The van der Waals surface area contributed by atoms with Gasteiger partial charge in [0.25, 0.3) is 0 Å². The Balaban J connectivity index is 1.90. The summed E-state index contributed by atoms with van der Waals surface area (Å²) in [5.41, 5.74) is 0.978. The largest absolute Gasteiger partial charge is 0.490 e.